The van der Waals surface area contributed by atoms with Crippen molar-refractivity contribution in [2.45, 2.75) is 32.9 Å². The monoisotopic (exact) mass is 648 g/mol. The van der Waals surface area contributed by atoms with Crippen molar-refractivity contribution in [2.75, 3.05) is 7.11 Å². The first-order valence-corrected chi connectivity index (χ1v) is 14.8. The van der Waals surface area contributed by atoms with Gasteiger partial charge in [0, 0.05) is 16.0 Å². The number of thiophene rings is 1. The standard InChI is InChI=1S/C33H28N4O6S.K.H/c1-4-24-17-27-30(39)37(19(2)28(38)22-13-15-23(42-3)16-14-22)33(41)36(31(27)44-24)18-20-9-11-21(12-10-20)25-7-5-6-8-26(25)29-34-32(40)43-35-29;;/h5-17,19H,4,18H2,1-3H3,(H,34,35,40);;/q;+1;-1. The number of fused-ring (bicyclic) bond motifs is 1. The van der Waals surface area contributed by atoms with Crippen LogP contribution in [0.1, 0.15) is 42.1 Å². The summed E-state index contributed by atoms with van der Waals surface area (Å²) < 4.78 is 12.5. The molecule has 0 aliphatic carbocycles. The van der Waals surface area contributed by atoms with Gasteiger partial charge < -0.3 is 6.16 Å². The second-order valence-electron chi connectivity index (χ2n) is 10.3. The van der Waals surface area contributed by atoms with Crippen molar-refractivity contribution in [1.82, 2.24) is 19.3 Å². The summed E-state index contributed by atoms with van der Waals surface area (Å²) in [5, 5.41) is 4.23. The first-order valence-electron chi connectivity index (χ1n) is 14.0. The van der Waals surface area contributed by atoms with E-state index in [0.717, 1.165) is 26.1 Å². The normalized spacial score (nSPS) is 11.7. The number of carbonyl (C=O) groups is 1. The van der Waals surface area contributed by atoms with Gasteiger partial charge in [0.15, 0.2) is 11.6 Å². The topological polar surface area (TPSA) is 129 Å². The Bertz CT molecular complexity index is 2180. The number of aromatic amines is 1. The number of hydrogen-bond acceptors (Lipinski definition) is 8. The maximum Gasteiger partial charge on any atom is 1.00 e. The van der Waals surface area contributed by atoms with Crippen molar-refractivity contribution in [1.29, 1.82) is 0 Å². The van der Waals surface area contributed by atoms with Gasteiger partial charge in [-0.3, -0.25) is 23.7 Å². The minimum atomic E-state index is -1.02. The summed E-state index contributed by atoms with van der Waals surface area (Å²) in [5.41, 5.74) is 2.59. The zero-order valence-electron chi connectivity index (χ0n) is 26.2. The molecule has 0 saturated heterocycles. The Hall–Kier alpha value is -3.65. The number of nitrogens with one attached hydrogen (secondary N) is 1. The SMILES string of the molecule is CCc1cc2c(=O)n(C(C)C(=O)c3ccc(OC)cc3)c(=O)n(Cc3ccc(-c4ccccc4-c4noc(=O)[nH]4)cc3)c2s1.[H-].[K+]. The molecule has 1 unspecified atom stereocenters. The molecule has 12 heteroatoms. The molecule has 0 aliphatic heterocycles. The molecule has 0 spiro atoms. The smallest absolute Gasteiger partial charge is 1.00 e. The predicted molar refractivity (Wildman–Crippen MR) is 170 cm³/mol. The summed E-state index contributed by atoms with van der Waals surface area (Å²) in [4.78, 5) is 56.8. The van der Waals surface area contributed by atoms with Crippen LogP contribution in [0, 0.1) is 0 Å². The van der Waals surface area contributed by atoms with Gasteiger partial charge in [0.25, 0.3) is 5.56 Å². The maximum atomic E-state index is 14.0. The van der Waals surface area contributed by atoms with E-state index in [9.17, 15) is 19.2 Å². The molecule has 6 aromatic rings. The quantitative estimate of drug-likeness (QED) is 0.188. The van der Waals surface area contributed by atoms with E-state index in [1.54, 1.807) is 35.8 Å². The van der Waals surface area contributed by atoms with Crippen molar-refractivity contribution in [3.63, 3.8) is 0 Å². The van der Waals surface area contributed by atoms with E-state index >= 15 is 0 Å². The molecule has 0 fully saturated rings. The Kier molecular flexibility index (Phi) is 10.0. The minimum absolute atomic E-state index is 0. The Labute approximate surface area is 305 Å². The first-order chi connectivity index (χ1) is 21.3. The van der Waals surface area contributed by atoms with E-state index in [-0.39, 0.29) is 65.1 Å². The number of Topliss-reactive ketones (excluding diaryl/α,β-unsaturated/α-hetero) is 1. The van der Waals surface area contributed by atoms with E-state index in [1.807, 2.05) is 61.5 Å². The molecular formula is C33H29KN4O6S. The second-order valence-corrected chi connectivity index (χ2v) is 11.4. The van der Waals surface area contributed by atoms with Crippen LogP contribution in [0.15, 0.2) is 97.8 Å². The number of H-pyrrole nitrogens is 1. The van der Waals surface area contributed by atoms with Gasteiger partial charge in [-0.1, -0.05) is 60.6 Å². The van der Waals surface area contributed by atoms with Gasteiger partial charge in [-0.25, -0.2) is 14.2 Å². The third kappa shape index (κ3) is 6.39. The van der Waals surface area contributed by atoms with Gasteiger partial charge in [0.05, 0.1) is 19.0 Å². The van der Waals surface area contributed by atoms with Crippen molar-refractivity contribution >= 4 is 27.3 Å². The third-order valence-electron chi connectivity index (χ3n) is 7.61. The summed E-state index contributed by atoms with van der Waals surface area (Å²) in [6.07, 6.45) is 0.707. The number of hydrogen-bond donors (Lipinski definition) is 1. The molecule has 3 aromatic heterocycles. The van der Waals surface area contributed by atoms with Gasteiger partial charge in [-0.05, 0) is 60.4 Å². The average Bonchev–Trinajstić information content (AvgIpc) is 3.70. The molecule has 0 aliphatic rings. The number of ether oxygens (including phenoxy) is 1. The van der Waals surface area contributed by atoms with Gasteiger partial charge in [0.1, 0.15) is 16.6 Å². The van der Waals surface area contributed by atoms with Crippen LogP contribution in [-0.4, -0.2) is 32.2 Å². The van der Waals surface area contributed by atoms with Crippen LogP contribution in [0.5, 0.6) is 5.75 Å². The number of nitrogens with zero attached hydrogens (tertiary/aromatic N) is 3. The zero-order valence-corrected chi connectivity index (χ0v) is 29.1. The molecule has 3 aromatic carbocycles. The Morgan fingerprint density at radius 2 is 1.71 bits per heavy atom. The van der Waals surface area contributed by atoms with Crippen LogP contribution in [0.25, 0.3) is 32.7 Å². The van der Waals surface area contributed by atoms with E-state index < -0.39 is 23.0 Å². The largest absolute Gasteiger partial charge is 1.00 e. The number of carbonyl (C=O) groups excluding carboxylic acids is 1. The number of methoxy groups -OCH3 is 1. The molecule has 0 amide bonds. The van der Waals surface area contributed by atoms with E-state index in [0.29, 0.717) is 39.3 Å². The number of benzene rings is 3. The van der Waals surface area contributed by atoms with Crippen LogP contribution < -0.4 is 73.1 Å². The Balaban J connectivity index is 0.00000240. The van der Waals surface area contributed by atoms with E-state index in [2.05, 4.69) is 10.1 Å². The maximum absolute atomic E-state index is 14.0. The first kappa shape index (κ1) is 32.7. The molecule has 1 atom stereocenters. The average molecular weight is 649 g/mol. The molecule has 6 rings (SSSR count). The molecule has 224 valence electrons. The van der Waals surface area contributed by atoms with Gasteiger partial charge >= 0.3 is 62.8 Å². The minimum Gasteiger partial charge on any atom is -1.00 e. The van der Waals surface area contributed by atoms with E-state index in [4.69, 9.17) is 9.26 Å². The van der Waals surface area contributed by atoms with E-state index in [1.165, 1.54) is 18.4 Å². The van der Waals surface area contributed by atoms with Crippen LogP contribution in [-0.2, 0) is 13.0 Å². The van der Waals surface area contributed by atoms with Gasteiger partial charge in [-0.15, -0.1) is 11.3 Å². The van der Waals surface area contributed by atoms with Gasteiger partial charge in [-0.2, -0.15) is 0 Å². The fraction of sp³-hybridized carbons (Fsp3) is 0.182. The van der Waals surface area contributed by atoms with Gasteiger partial charge in [0.2, 0.25) is 0 Å². The predicted octanol–water partition coefficient (Wildman–Crippen LogP) is 2.41. The second kappa shape index (κ2) is 13.8. The summed E-state index contributed by atoms with van der Waals surface area (Å²) in [5.74, 6) is -0.0556. The zero-order chi connectivity index (χ0) is 31.0. The molecule has 1 N–H and O–H groups in total. The molecule has 0 saturated carbocycles. The third-order valence-corrected chi connectivity index (χ3v) is 8.92. The number of ketones is 1. The summed E-state index contributed by atoms with van der Waals surface area (Å²) in [6.45, 7) is 3.76. The van der Waals surface area contributed by atoms with Crippen molar-refractivity contribution in [3.8, 4) is 28.3 Å². The number of aryl methyl sites for hydroxylation is 1. The Morgan fingerprint density at radius 3 is 2.33 bits per heavy atom. The molecule has 10 nitrogen and oxygen atoms in total. The molecule has 0 bridgehead atoms. The molecule has 3 heterocycles. The molecule has 45 heavy (non-hydrogen) atoms. The van der Waals surface area contributed by atoms with Crippen molar-refractivity contribution in [2.24, 2.45) is 0 Å². The number of aromatic nitrogens is 4. The van der Waals surface area contributed by atoms with Crippen LogP contribution in [0.3, 0.4) is 0 Å². The van der Waals surface area contributed by atoms with Crippen LogP contribution in [0.2, 0.25) is 0 Å². The van der Waals surface area contributed by atoms with Crippen LogP contribution in [0.4, 0.5) is 0 Å². The Morgan fingerprint density at radius 1 is 1.02 bits per heavy atom. The van der Waals surface area contributed by atoms with Crippen molar-refractivity contribution < 1.29 is 66.9 Å². The van der Waals surface area contributed by atoms with Crippen LogP contribution >= 0.6 is 11.3 Å². The summed E-state index contributed by atoms with van der Waals surface area (Å²) in [6, 6.07) is 22.5. The summed E-state index contributed by atoms with van der Waals surface area (Å²) >= 11 is 1.41. The summed E-state index contributed by atoms with van der Waals surface area (Å²) in [7, 11) is 1.54. The molecular weight excluding hydrogens is 620 g/mol. The fourth-order valence-electron chi connectivity index (χ4n) is 5.25. The fourth-order valence-corrected chi connectivity index (χ4v) is 6.33. The number of rotatable bonds is 9. The molecule has 0 radical (unpaired) electrons. The van der Waals surface area contributed by atoms with Crippen molar-refractivity contribution in [3.05, 3.63) is 126 Å².